The molecule has 106 valence electrons. The molecule has 20 heavy (non-hydrogen) atoms. The Morgan fingerprint density at radius 1 is 1.30 bits per heavy atom. The lowest BCUT2D eigenvalue weighted by atomic mass is 9.77. The van der Waals surface area contributed by atoms with Crippen molar-refractivity contribution in [1.82, 2.24) is 9.55 Å². The fourth-order valence-electron chi connectivity index (χ4n) is 3.63. The van der Waals surface area contributed by atoms with Gasteiger partial charge in [0.2, 0.25) is 0 Å². The standard InChI is InChI=1S/C16H21N3O/c1-16(2)7-13-15(14(20)8-16)19(10-18-13)12-5-3-11(9-17)4-6-12/h10-12H,3-8H2,1-2H3/t11-,12+. The summed E-state index contributed by atoms with van der Waals surface area (Å²) >= 11 is 0. The average Bonchev–Trinajstić information content (AvgIpc) is 2.81. The summed E-state index contributed by atoms with van der Waals surface area (Å²) in [4.78, 5) is 16.9. The number of carbonyl (C=O) groups is 1. The highest BCUT2D eigenvalue weighted by atomic mass is 16.1. The molecule has 0 amide bonds. The van der Waals surface area contributed by atoms with E-state index in [2.05, 4.69) is 29.5 Å². The van der Waals surface area contributed by atoms with Gasteiger partial charge in [-0.3, -0.25) is 4.79 Å². The maximum atomic E-state index is 12.4. The summed E-state index contributed by atoms with van der Waals surface area (Å²) in [5, 5.41) is 8.98. The quantitative estimate of drug-likeness (QED) is 0.787. The van der Waals surface area contributed by atoms with Crippen molar-refractivity contribution in [2.45, 2.75) is 58.4 Å². The summed E-state index contributed by atoms with van der Waals surface area (Å²) in [6, 6.07) is 2.71. The van der Waals surface area contributed by atoms with Gasteiger partial charge >= 0.3 is 0 Å². The molecule has 0 radical (unpaired) electrons. The van der Waals surface area contributed by atoms with Crippen LogP contribution in [0.4, 0.5) is 0 Å². The van der Waals surface area contributed by atoms with Gasteiger partial charge in [-0.25, -0.2) is 4.98 Å². The minimum absolute atomic E-state index is 0.0295. The Morgan fingerprint density at radius 2 is 2.00 bits per heavy atom. The van der Waals surface area contributed by atoms with Crippen LogP contribution in [0.5, 0.6) is 0 Å². The lowest BCUT2D eigenvalue weighted by Gasteiger charge is -2.31. The number of rotatable bonds is 1. The average molecular weight is 271 g/mol. The Balaban J connectivity index is 1.86. The molecule has 4 nitrogen and oxygen atoms in total. The largest absolute Gasteiger partial charge is 0.325 e. The van der Waals surface area contributed by atoms with Gasteiger partial charge in [-0.15, -0.1) is 0 Å². The number of hydrogen-bond acceptors (Lipinski definition) is 3. The third-order valence-electron chi connectivity index (χ3n) is 4.69. The fourth-order valence-corrected chi connectivity index (χ4v) is 3.63. The summed E-state index contributed by atoms with van der Waals surface area (Å²) in [5.41, 5.74) is 1.83. The minimum Gasteiger partial charge on any atom is -0.325 e. The van der Waals surface area contributed by atoms with E-state index in [4.69, 9.17) is 5.26 Å². The van der Waals surface area contributed by atoms with Crippen LogP contribution in [0.25, 0.3) is 0 Å². The molecule has 1 heterocycles. The molecule has 0 spiro atoms. The first-order valence-electron chi connectivity index (χ1n) is 7.49. The maximum Gasteiger partial charge on any atom is 0.181 e. The zero-order valence-corrected chi connectivity index (χ0v) is 12.2. The van der Waals surface area contributed by atoms with Crippen molar-refractivity contribution in [2.24, 2.45) is 11.3 Å². The van der Waals surface area contributed by atoms with Crippen LogP contribution in [-0.4, -0.2) is 15.3 Å². The van der Waals surface area contributed by atoms with Crippen LogP contribution >= 0.6 is 0 Å². The maximum absolute atomic E-state index is 12.4. The van der Waals surface area contributed by atoms with Crippen LogP contribution in [0, 0.1) is 22.7 Å². The van der Waals surface area contributed by atoms with Crippen LogP contribution in [0.2, 0.25) is 0 Å². The smallest absolute Gasteiger partial charge is 0.181 e. The Morgan fingerprint density at radius 3 is 2.65 bits per heavy atom. The van der Waals surface area contributed by atoms with Gasteiger partial charge in [0.05, 0.1) is 18.1 Å². The summed E-state index contributed by atoms with van der Waals surface area (Å²) < 4.78 is 2.10. The molecule has 2 aliphatic rings. The molecule has 0 atom stereocenters. The molecular weight excluding hydrogens is 250 g/mol. The molecule has 3 rings (SSSR count). The van der Waals surface area contributed by atoms with Gasteiger partial charge in [-0.1, -0.05) is 13.8 Å². The van der Waals surface area contributed by atoms with Crippen LogP contribution in [0.3, 0.4) is 0 Å². The first-order valence-corrected chi connectivity index (χ1v) is 7.49. The van der Waals surface area contributed by atoms with Gasteiger partial charge in [0.25, 0.3) is 0 Å². The number of hydrogen-bond donors (Lipinski definition) is 0. The van der Waals surface area contributed by atoms with E-state index in [1.54, 1.807) is 0 Å². The van der Waals surface area contributed by atoms with E-state index in [9.17, 15) is 4.79 Å². The summed E-state index contributed by atoms with van der Waals surface area (Å²) in [6.45, 7) is 4.26. The highest BCUT2D eigenvalue weighted by Crippen LogP contribution is 2.38. The van der Waals surface area contributed by atoms with Crippen molar-refractivity contribution in [3.63, 3.8) is 0 Å². The normalized spacial score (nSPS) is 28.8. The van der Waals surface area contributed by atoms with Crippen molar-refractivity contribution in [3.8, 4) is 6.07 Å². The topological polar surface area (TPSA) is 58.7 Å². The number of carbonyl (C=O) groups excluding carboxylic acids is 1. The predicted molar refractivity (Wildman–Crippen MR) is 75.3 cm³/mol. The molecule has 0 aliphatic heterocycles. The highest BCUT2D eigenvalue weighted by Gasteiger charge is 2.36. The molecule has 0 saturated heterocycles. The molecule has 2 aliphatic carbocycles. The van der Waals surface area contributed by atoms with E-state index >= 15 is 0 Å². The van der Waals surface area contributed by atoms with Gasteiger partial charge in [-0.2, -0.15) is 5.26 Å². The number of ketones is 1. The zero-order valence-electron chi connectivity index (χ0n) is 12.2. The van der Waals surface area contributed by atoms with Gasteiger partial charge in [0.1, 0.15) is 5.69 Å². The molecule has 0 aromatic carbocycles. The van der Waals surface area contributed by atoms with Gasteiger partial charge in [-0.05, 0) is 37.5 Å². The molecule has 1 fully saturated rings. The zero-order chi connectivity index (χ0) is 14.3. The highest BCUT2D eigenvalue weighted by molar-refractivity contribution is 5.97. The fraction of sp³-hybridized carbons (Fsp3) is 0.688. The lowest BCUT2D eigenvalue weighted by Crippen LogP contribution is -2.30. The van der Waals surface area contributed by atoms with Gasteiger partial charge < -0.3 is 4.57 Å². The molecular formula is C16H21N3O. The Labute approximate surface area is 119 Å². The molecule has 1 aromatic rings. The SMILES string of the molecule is CC1(C)CC(=O)c2c(ncn2[C@H]2CC[C@@H](C#N)CC2)C1. The number of fused-ring (bicyclic) bond motifs is 1. The second-order valence-corrected chi connectivity index (χ2v) is 7.02. The number of nitrogens with zero attached hydrogens (tertiary/aromatic N) is 3. The Kier molecular flexibility index (Phi) is 3.16. The lowest BCUT2D eigenvalue weighted by molar-refractivity contribution is 0.0896. The molecule has 1 aromatic heterocycles. The molecule has 0 bridgehead atoms. The molecule has 0 unspecified atom stereocenters. The first kappa shape index (κ1) is 13.4. The first-order chi connectivity index (χ1) is 9.50. The number of aromatic nitrogens is 2. The number of nitriles is 1. The monoisotopic (exact) mass is 271 g/mol. The minimum atomic E-state index is 0.0295. The molecule has 0 N–H and O–H groups in total. The number of imidazole rings is 1. The van der Waals surface area contributed by atoms with Gasteiger partial charge in [0, 0.05) is 18.4 Å². The van der Waals surface area contributed by atoms with E-state index in [0.717, 1.165) is 43.5 Å². The van der Waals surface area contributed by atoms with Crippen LogP contribution in [0.15, 0.2) is 6.33 Å². The van der Waals surface area contributed by atoms with Crippen LogP contribution in [-0.2, 0) is 6.42 Å². The van der Waals surface area contributed by atoms with E-state index in [0.29, 0.717) is 12.5 Å². The van der Waals surface area contributed by atoms with Crippen molar-refractivity contribution >= 4 is 5.78 Å². The van der Waals surface area contributed by atoms with Crippen molar-refractivity contribution < 1.29 is 4.79 Å². The van der Waals surface area contributed by atoms with Crippen LogP contribution in [0.1, 0.15) is 68.2 Å². The second-order valence-electron chi connectivity index (χ2n) is 7.02. The van der Waals surface area contributed by atoms with E-state index in [1.807, 2.05) is 6.33 Å². The van der Waals surface area contributed by atoms with E-state index < -0.39 is 0 Å². The van der Waals surface area contributed by atoms with Crippen molar-refractivity contribution in [1.29, 1.82) is 5.26 Å². The number of Topliss-reactive ketones (excluding diaryl/α,β-unsaturated/α-hetero) is 1. The third-order valence-corrected chi connectivity index (χ3v) is 4.69. The van der Waals surface area contributed by atoms with E-state index in [1.165, 1.54) is 0 Å². The summed E-state index contributed by atoms with van der Waals surface area (Å²) in [7, 11) is 0. The summed E-state index contributed by atoms with van der Waals surface area (Å²) in [5.74, 6) is 0.427. The van der Waals surface area contributed by atoms with Crippen LogP contribution < -0.4 is 0 Å². The predicted octanol–water partition coefficient (Wildman–Crippen LogP) is 3.29. The van der Waals surface area contributed by atoms with Gasteiger partial charge in [0.15, 0.2) is 5.78 Å². The molecule has 1 saturated carbocycles. The van der Waals surface area contributed by atoms with Crippen molar-refractivity contribution in [3.05, 3.63) is 17.7 Å². The van der Waals surface area contributed by atoms with E-state index in [-0.39, 0.29) is 17.1 Å². The molecule has 4 heteroatoms. The second kappa shape index (κ2) is 4.73. The Bertz CT molecular complexity index is 571. The summed E-state index contributed by atoms with van der Waals surface area (Å²) in [6.07, 6.45) is 7.19. The Hall–Kier alpha value is -1.63. The van der Waals surface area contributed by atoms with Crippen molar-refractivity contribution in [2.75, 3.05) is 0 Å². The third kappa shape index (κ3) is 2.26.